The van der Waals surface area contributed by atoms with Gasteiger partial charge in [0.1, 0.15) is 0 Å². The van der Waals surface area contributed by atoms with Crippen LogP contribution in [0.2, 0.25) is 0 Å². The molecule has 3 heterocycles. The van der Waals surface area contributed by atoms with Crippen LogP contribution in [0.5, 0.6) is 0 Å². The summed E-state index contributed by atoms with van der Waals surface area (Å²) in [5, 5.41) is 8.08. The van der Waals surface area contributed by atoms with Crippen molar-refractivity contribution in [2.24, 2.45) is 11.8 Å². The first kappa shape index (κ1) is 24.6. The highest BCUT2D eigenvalue weighted by atomic mass is 16.2. The van der Waals surface area contributed by atoms with Gasteiger partial charge < -0.3 is 15.6 Å². The number of nitrogens with zero attached hydrogens (tertiary/aromatic N) is 2. The molecule has 0 spiro atoms. The molecule has 6 rings (SSSR count). The van der Waals surface area contributed by atoms with Gasteiger partial charge in [-0.1, -0.05) is 35.9 Å². The number of rotatable bonds is 8. The normalized spacial score (nSPS) is 16.7. The molecule has 3 N–H and O–H groups in total. The fourth-order valence-electron chi connectivity index (χ4n) is 5.51. The van der Waals surface area contributed by atoms with Crippen LogP contribution in [0.1, 0.15) is 53.6 Å². The van der Waals surface area contributed by atoms with Gasteiger partial charge in [-0.2, -0.15) is 0 Å². The third-order valence-electron chi connectivity index (χ3n) is 8.04. The first-order valence-electron chi connectivity index (χ1n) is 13.8. The van der Waals surface area contributed by atoms with Crippen molar-refractivity contribution in [3.8, 4) is 0 Å². The Morgan fingerprint density at radius 1 is 1.00 bits per heavy atom. The number of hydrogen-bond donors (Lipinski definition) is 3. The fourth-order valence-corrected chi connectivity index (χ4v) is 5.51. The number of amides is 2. The number of H-pyrrole nitrogens is 1. The molecule has 0 bridgehead atoms. The van der Waals surface area contributed by atoms with E-state index in [0.29, 0.717) is 23.8 Å². The van der Waals surface area contributed by atoms with E-state index in [0.717, 1.165) is 60.7 Å². The Morgan fingerprint density at radius 2 is 1.79 bits per heavy atom. The van der Waals surface area contributed by atoms with Crippen LogP contribution in [0.25, 0.3) is 21.8 Å². The predicted molar refractivity (Wildman–Crippen MR) is 151 cm³/mol. The summed E-state index contributed by atoms with van der Waals surface area (Å²) in [5.74, 6) is 1.28. The summed E-state index contributed by atoms with van der Waals surface area (Å²) in [5.41, 5.74) is 4.97. The minimum atomic E-state index is -0.0530. The maximum Gasteiger partial charge on any atom is 0.251 e. The molecule has 2 fully saturated rings. The van der Waals surface area contributed by atoms with Gasteiger partial charge in [-0.25, -0.2) is 4.98 Å². The average molecular weight is 510 g/mol. The third kappa shape index (κ3) is 5.43. The average Bonchev–Trinajstić information content (AvgIpc) is 3.72. The monoisotopic (exact) mass is 509 g/mol. The highest BCUT2D eigenvalue weighted by molar-refractivity contribution is 6.13. The molecule has 7 nitrogen and oxygen atoms in total. The summed E-state index contributed by atoms with van der Waals surface area (Å²) < 4.78 is 0. The molecule has 0 radical (unpaired) electrons. The Labute approximate surface area is 223 Å². The Morgan fingerprint density at radius 3 is 2.55 bits per heavy atom. The Hall–Kier alpha value is -3.71. The zero-order valence-corrected chi connectivity index (χ0v) is 21.9. The van der Waals surface area contributed by atoms with Gasteiger partial charge in [-0.3, -0.25) is 14.5 Å². The van der Waals surface area contributed by atoms with Gasteiger partial charge in [0.15, 0.2) is 5.82 Å². The molecule has 0 atom stereocenters. The Kier molecular flexibility index (Phi) is 6.85. The van der Waals surface area contributed by atoms with Crippen LogP contribution in [0.3, 0.4) is 0 Å². The van der Waals surface area contributed by atoms with Crippen LogP contribution in [0, 0.1) is 18.8 Å². The minimum Gasteiger partial charge on any atom is -0.352 e. The van der Waals surface area contributed by atoms with Crippen molar-refractivity contribution in [2.75, 3.05) is 25.0 Å². The molecule has 38 heavy (non-hydrogen) atoms. The quantitative estimate of drug-likeness (QED) is 0.296. The molecule has 4 aromatic rings. The second kappa shape index (κ2) is 10.6. The van der Waals surface area contributed by atoms with Crippen molar-refractivity contribution in [1.82, 2.24) is 20.2 Å². The number of piperidine rings is 1. The van der Waals surface area contributed by atoms with Crippen LogP contribution in [-0.4, -0.2) is 46.3 Å². The minimum absolute atomic E-state index is 0.0284. The smallest absolute Gasteiger partial charge is 0.251 e. The summed E-state index contributed by atoms with van der Waals surface area (Å²) in [6.07, 6.45) is 6.97. The maximum absolute atomic E-state index is 12.9. The van der Waals surface area contributed by atoms with Crippen molar-refractivity contribution >= 4 is 39.4 Å². The molecule has 1 saturated heterocycles. The summed E-state index contributed by atoms with van der Waals surface area (Å²) in [6.45, 7) is 6.06. The molecule has 7 heteroatoms. The number of aryl methyl sites for hydroxylation is 1. The SMILES string of the molecule is Cc1ccc(CN2CCC(CCNC(=O)c3ccc4c(c3)[nH]c3c(NC(=O)C5CC5)nccc34)CC2)cc1. The van der Waals surface area contributed by atoms with E-state index in [9.17, 15) is 9.59 Å². The number of benzene rings is 2. The molecule has 2 aromatic carbocycles. The largest absolute Gasteiger partial charge is 0.352 e. The van der Waals surface area contributed by atoms with Crippen LogP contribution in [0.4, 0.5) is 5.82 Å². The van der Waals surface area contributed by atoms with Gasteiger partial charge in [-0.15, -0.1) is 0 Å². The summed E-state index contributed by atoms with van der Waals surface area (Å²) in [4.78, 5) is 35.5. The van der Waals surface area contributed by atoms with Gasteiger partial charge in [0.25, 0.3) is 5.91 Å². The maximum atomic E-state index is 12.9. The zero-order valence-electron chi connectivity index (χ0n) is 21.9. The third-order valence-corrected chi connectivity index (χ3v) is 8.04. The number of carbonyl (C=O) groups excluding carboxylic acids is 2. The molecule has 1 aliphatic carbocycles. The van der Waals surface area contributed by atoms with Gasteiger partial charge in [-0.05, 0) is 81.8 Å². The molecule has 1 saturated carbocycles. The van der Waals surface area contributed by atoms with Crippen molar-refractivity contribution in [1.29, 1.82) is 0 Å². The number of aromatic nitrogens is 2. The second-order valence-electron chi connectivity index (χ2n) is 11.0. The van der Waals surface area contributed by atoms with Crippen molar-refractivity contribution in [2.45, 2.75) is 45.6 Å². The number of pyridine rings is 1. The number of likely N-dealkylation sites (tertiary alicyclic amines) is 1. The molecular formula is C31H35N5O2. The van der Waals surface area contributed by atoms with Crippen molar-refractivity contribution in [3.05, 3.63) is 71.4 Å². The van der Waals surface area contributed by atoms with Crippen LogP contribution in [0.15, 0.2) is 54.7 Å². The molecule has 2 aromatic heterocycles. The molecule has 2 aliphatic rings. The number of anilines is 1. The topological polar surface area (TPSA) is 90.1 Å². The number of nitrogens with one attached hydrogen (secondary N) is 3. The molecule has 196 valence electrons. The van der Waals surface area contributed by atoms with E-state index in [2.05, 4.69) is 56.7 Å². The number of hydrogen-bond acceptors (Lipinski definition) is 4. The van der Waals surface area contributed by atoms with E-state index in [1.807, 2.05) is 24.3 Å². The molecule has 2 amide bonds. The molecular weight excluding hydrogens is 474 g/mol. The first-order chi connectivity index (χ1) is 18.5. The van der Waals surface area contributed by atoms with E-state index in [4.69, 9.17) is 0 Å². The van der Waals surface area contributed by atoms with E-state index < -0.39 is 0 Å². The van der Waals surface area contributed by atoms with Crippen molar-refractivity contribution < 1.29 is 9.59 Å². The van der Waals surface area contributed by atoms with Crippen LogP contribution >= 0.6 is 0 Å². The highest BCUT2D eigenvalue weighted by Gasteiger charge is 2.30. The lowest BCUT2D eigenvalue weighted by atomic mass is 9.93. The lowest BCUT2D eigenvalue weighted by Gasteiger charge is -2.32. The van der Waals surface area contributed by atoms with E-state index in [-0.39, 0.29) is 17.7 Å². The van der Waals surface area contributed by atoms with Crippen molar-refractivity contribution in [3.63, 3.8) is 0 Å². The number of aromatic amines is 1. The number of fused-ring (bicyclic) bond motifs is 3. The lowest BCUT2D eigenvalue weighted by Crippen LogP contribution is -2.34. The van der Waals surface area contributed by atoms with Gasteiger partial charge in [0.05, 0.1) is 5.52 Å². The van der Waals surface area contributed by atoms with E-state index in [1.165, 1.54) is 24.0 Å². The summed E-state index contributed by atoms with van der Waals surface area (Å²) in [7, 11) is 0. The first-order valence-corrected chi connectivity index (χ1v) is 13.8. The van der Waals surface area contributed by atoms with Gasteiger partial charge >= 0.3 is 0 Å². The predicted octanol–water partition coefficient (Wildman–Crippen LogP) is 5.41. The summed E-state index contributed by atoms with van der Waals surface area (Å²) in [6, 6.07) is 16.5. The van der Waals surface area contributed by atoms with E-state index >= 15 is 0 Å². The van der Waals surface area contributed by atoms with Crippen LogP contribution < -0.4 is 10.6 Å². The highest BCUT2D eigenvalue weighted by Crippen LogP contribution is 2.33. The molecule has 0 unspecified atom stereocenters. The number of carbonyl (C=O) groups is 2. The fraction of sp³-hybridized carbons (Fsp3) is 0.387. The second-order valence-corrected chi connectivity index (χ2v) is 11.0. The van der Waals surface area contributed by atoms with Gasteiger partial charge in [0.2, 0.25) is 5.91 Å². The summed E-state index contributed by atoms with van der Waals surface area (Å²) >= 11 is 0. The van der Waals surface area contributed by atoms with Crippen LogP contribution in [-0.2, 0) is 11.3 Å². The Bertz CT molecular complexity index is 1460. The van der Waals surface area contributed by atoms with E-state index in [1.54, 1.807) is 6.20 Å². The standard InChI is InChI=1S/C31H35N5O2/c1-20-2-4-22(5-3-20)19-36-16-12-21(13-17-36)10-14-33-30(37)24-8-9-25-26-11-15-32-29(28(26)34-27(25)18-24)35-31(38)23-6-7-23/h2-5,8-9,11,15,18,21,23,34H,6-7,10,12-14,16-17,19H2,1H3,(H,33,37)(H,32,35,38). The Balaban J connectivity index is 1.02. The van der Waals surface area contributed by atoms with Gasteiger partial charge in [0, 0.05) is 47.1 Å². The zero-order chi connectivity index (χ0) is 26.1. The molecule has 1 aliphatic heterocycles. The lowest BCUT2D eigenvalue weighted by molar-refractivity contribution is -0.117.